The van der Waals surface area contributed by atoms with E-state index in [0.29, 0.717) is 10.7 Å². The predicted octanol–water partition coefficient (Wildman–Crippen LogP) is 5.81. The highest BCUT2D eigenvalue weighted by Gasteiger charge is 2.13. The predicted molar refractivity (Wildman–Crippen MR) is 119 cm³/mol. The maximum atomic E-state index is 12.6. The van der Waals surface area contributed by atoms with Crippen molar-refractivity contribution in [2.24, 2.45) is 0 Å². The molecule has 5 nitrogen and oxygen atoms in total. The number of nitrogens with one attached hydrogen (secondary N) is 1. The van der Waals surface area contributed by atoms with Gasteiger partial charge in [0, 0.05) is 33.1 Å². The van der Waals surface area contributed by atoms with E-state index in [1.807, 2.05) is 54.9 Å². The number of thiazole rings is 2. The number of anilines is 1. The van der Waals surface area contributed by atoms with Gasteiger partial charge in [-0.05, 0) is 38.1 Å². The molecule has 0 saturated carbocycles. The molecule has 1 N–H and O–H groups in total. The van der Waals surface area contributed by atoms with Gasteiger partial charge in [-0.2, -0.15) is 0 Å². The fraction of sp³-hybridized carbons (Fsp3) is 0.136. The quantitative estimate of drug-likeness (QED) is 0.442. The van der Waals surface area contributed by atoms with Crippen LogP contribution < -0.4 is 10.1 Å². The van der Waals surface area contributed by atoms with Crippen LogP contribution in [0.2, 0.25) is 0 Å². The summed E-state index contributed by atoms with van der Waals surface area (Å²) in [5.74, 6) is 0.566. The lowest BCUT2D eigenvalue weighted by atomic mass is 10.1. The number of hydrogen-bond acceptors (Lipinski definition) is 6. The van der Waals surface area contributed by atoms with Crippen LogP contribution in [0.1, 0.15) is 21.6 Å². The summed E-state index contributed by atoms with van der Waals surface area (Å²) in [5, 5.41) is 8.31. The zero-order chi connectivity index (χ0) is 20.4. The zero-order valence-electron chi connectivity index (χ0n) is 16.2. The summed E-state index contributed by atoms with van der Waals surface area (Å²) < 4.78 is 5.44. The Morgan fingerprint density at radius 1 is 1.00 bits per heavy atom. The van der Waals surface area contributed by atoms with Gasteiger partial charge in [-0.15, -0.1) is 22.7 Å². The van der Waals surface area contributed by atoms with E-state index in [1.165, 1.54) is 11.3 Å². The first-order valence-electron chi connectivity index (χ1n) is 8.98. The van der Waals surface area contributed by atoms with Gasteiger partial charge < -0.3 is 4.74 Å². The van der Waals surface area contributed by atoms with Crippen LogP contribution >= 0.6 is 22.7 Å². The van der Waals surface area contributed by atoms with Crippen LogP contribution in [-0.2, 0) is 0 Å². The van der Waals surface area contributed by atoms with Crippen LogP contribution in [0.15, 0.2) is 53.2 Å². The monoisotopic (exact) mass is 421 g/mol. The SMILES string of the molecule is COc1ccc(C)cc1-c1csc(NC(=O)c2ccc(-c3nc(C)cs3)cc2)n1. The van der Waals surface area contributed by atoms with E-state index in [1.54, 1.807) is 30.6 Å². The Morgan fingerprint density at radius 2 is 1.79 bits per heavy atom. The van der Waals surface area contributed by atoms with Crippen molar-refractivity contribution in [3.05, 3.63) is 70.0 Å². The second-order valence-corrected chi connectivity index (χ2v) is 8.28. The largest absolute Gasteiger partial charge is 0.496 e. The molecule has 0 aliphatic heterocycles. The minimum atomic E-state index is -0.191. The maximum absolute atomic E-state index is 12.6. The van der Waals surface area contributed by atoms with Crippen molar-refractivity contribution < 1.29 is 9.53 Å². The molecule has 0 atom stereocenters. The summed E-state index contributed by atoms with van der Waals surface area (Å²) in [7, 11) is 1.64. The third-order valence-corrected chi connectivity index (χ3v) is 6.14. The number of nitrogens with zero attached hydrogens (tertiary/aromatic N) is 2. The highest BCUT2D eigenvalue weighted by atomic mass is 32.1. The van der Waals surface area contributed by atoms with Crippen molar-refractivity contribution in [2.75, 3.05) is 12.4 Å². The molecule has 0 fully saturated rings. The molecule has 29 heavy (non-hydrogen) atoms. The number of rotatable bonds is 5. The van der Waals surface area contributed by atoms with Gasteiger partial charge in [0.2, 0.25) is 0 Å². The maximum Gasteiger partial charge on any atom is 0.257 e. The molecule has 0 bridgehead atoms. The lowest BCUT2D eigenvalue weighted by Gasteiger charge is -2.07. The molecular weight excluding hydrogens is 402 g/mol. The highest BCUT2D eigenvalue weighted by Crippen LogP contribution is 2.33. The molecule has 146 valence electrons. The highest BCUT2D eigenvalue weighted by molar-refractivity contribution is 7.14. The first-order chi connectivity index (χ1) is 14.0. The zero-order valence-corrected chi connectivity index (χ0v) is 17.9. The summed E-state index contributed by atoms with van der Waals surface area (Å²) in [5.41, 5.74) is 5.38. The average Bonchev–Trinajstić information content (AvgIpc) is 3.37. The van der Waals surface area contributed by atoms with Crippen molar-refractivity contribution in [3.8, 4) is 27.6 Å². The third kappa shape index (κ3) is 4.21. The van der Waals surface area contributed by atoms with E-state index in [-0.39, 0.29) is 5.91 Å². The van der Waals surface area contributed by atoms with Gasteiger partial charge in [0.1, 0.15) is 10.8 Å². The van der Waals surface area contributed by atoms with Gasteiger partial charge in [0.15, 0.2) is 5.13 Å². The second-order valence-electron chi connectivity index (χ2n) is 6.57. The second kappa shape index (κ2) is 8.14. The molecule has 0 saturated heterocycles. The fourth-order valence-corrected chi connectivity index (χ4v) is 4.41. The summed E-state index contributed by atoms with van der Waals surface area (Å²) in [6, 6.07) is 13.4. The Bertz CT molecular complexity index is 1160. The summed E-state index contributed by atoms with van der Waals surface area (Å²) in [6.07, 6.45) is 0. The Labute approximate surface area is 177 Å². The van der Waals surface area contributed by atoms with E-state index in [2.05, 4.69) is 15.3 Å². The molecule has 0 aliphatic rings. The first kappa shape index (κ1) is 19.3. The molecule has 2 aromatic carbocycles. The third-order valence-electron chi connectivity index (χ3n) is 4.37. The van der Waals surface area contributed by atoms with Crippen LogP contribution in [0.4, 0.5) is 5.13 Å². The lowest BCUT2D eigenvalue weighted by molar-refractivity contribution is 0.102. The van der Waals surface area contributed by atoms with Gasteiger partial charge in [-0.25, -0.2) is 9.97 Å². The molecule has 1 amide bonds. The van der Waals surface area contributed by atoms with Crippen molar-refractivity contribution in [3.63, 3.8) is 0 Å². The standard InChI is InChI=1S/C22H19N3O2S2/c1-13-4-9-19(27-3)17(10-13)18-12-29-22(24-18)25-20(26)15-5-7-16(8-6-15)21-23-14(2)11-28-21/h4-12H,1-3H3,(H,24,25,26). The molecule has 0 radical (unpaired) electrons. The lowest BCUT2D eigenvalue weighted by Crippen LogP contribution is -2.11. The van der Waals surface area contributed by atoms with Crippen LogP contribution in [0.3, 0.4) is 0 Å². The number of ether oxygens (including phenoxy) is 1. The van der Waals surface area contributed by atoms with Gasteiger partial charge in [-0.3, -0.25) is 10.1 Å². The van der Waals surface area contributed by atoms with Gasteiger partial charge in [0.05, 0.1) is 12.8 Å². The average molecular weight is 422 g/mol. The molecule has 2 heterocycles. The van der Waals surface area contributed by atoms with Gasteiger partial charge >= 0.3 is 0 Å². The number of hydrogen-bond donors (Lipinski definition) is 1. The first-order valence-corrected chi connectivity index (χ1v) is 10.7. The molecular formula is C22H19N3O2S2. The molecule has 0 unspecified atom stereocenters. The van der Waals surface area contributed by atoms with Crippen LogP contribution in [0.5, 0.6) is 5.75 Å². The molecule has 2 aromatic heterocycles. The normalized spacial score (nSPS) is 10.7. The molecule has 0 aliphatic carbocycles. The topological polar surface area (TPSA) is 64.1 Å². The molecule has 0 spiro atoms. The van der Waals surface area contributed by atoms with E-state index in [0.717, 1.165) is 38.8 Å². The Kier molecular flexibility index (Phi) is 5.42. The number of benzene rings is 2. The van der Waals surface area contributed by atoms with Gasteiger partial charge in [0.25, 0.3) is 5.91 Å². The smallest absolute Gasteiger partial charge is 0.257 e. The minimum Gasteiger partial charge on any atom is -0.496 e. The number of amides is 1. The number of aromatic nitrogens is 2. The van der Waals surface area contributed by atoms with Crippen LogP contribution in [0, 0.1) is 13.8 Å². The van der Waals surface area contributed by atoms with Crippen molar-refractivity contribution in [2.45, 2.75) is 13.8 Å². The number of aryl methyl sites for hydroxylation is 2. The number of methoxy groups -OCH3 is 1. The number of carbonyl (C=O) groups is 1. The van der Waals surface area contributed by atoms with Crippen LogP contribution in [-0.4, -0.2) is 23.0 Å². The van der Waals surface area contributed by atoms with Gasteiger partial charge in [-0.1, -0.05) is 23.8 Å². The summed E-state index contributed by atoms with van der Waals surface area (Å²) in [4.78, 5) is 21.6. The molecule has 7 heteroatoms. The van der Waals surface area contributed by atoms with E-state index in [9.17, 15) is 4.79 Å². The Hall–Kier alpha value is -3.03. The Balaban J connectivity index is 1.50. The minimum absolute atomic E-state index is 0.191. The fourth-order valence-electron chi connectivity index (χ4n) is 2.90. The van der Waals surface area contributed by atoms with Crippen LogP contribution in [0.25, 0.3) is 21.8 Å². The van der Waals surface area contributed by atoms with Crippen molar-refractivity contribution in [1.82, 2.24) is 9.97 Å². The van der Waals surface area contributed by atoms with Crippen molar-refractivity contribution >= 4 is 33.7 Å². The van der Waals surface area contributed by atoms with E-state index in [4.69, 9.17) is 4.74 Å². The van der Waals surface area contributed by atoms with E-state index < -0.39 is 0 Å². The summed E-state index contributed by atoms with van der Waals surface area (Å²) >= 11 is 2.98. The molecule has 4 aromatic rings. The van der Waals surface area contributed by atoms with E-state index >= 15 is 0 Å². The Morgan fingerprint density at radius 3 is 2.48 bits per heavy atom. The molecule has 4 rings (SSSR count). The number of carbonyl (C=O) groups excluding carboxylic acids is 1. The summed E-state index contributed by atoms with van der Waals surface area (Å²) in [6.45, 7) is 3.99. The van der Waals surface area contributed by atoms with Crippen molar-refractivity contribution in [1.29, 1.82) is 0 Å².